The van der Waals surface area contributed by atoms with E-state index in [-0.39, 0.29) is 0 Å². The van der Waals surface area contributed by atoms with E-state index < -0.39 is 0 Å². The number of hydrogen-bond donors (Lipinski definition) is 1. The van der Waals surface area contributed by atoms with Gasteiger partial charge >= 0.3 is 0 Å². The van der Waals surface area contributed by atoms with Crippen molar-refractivity contribution in [2.45, 2.75) is 25.8 Å². The van der Waals surface area contributed by atoms with Crippen LogP contribution in [0, 0.1) is 6.92 Å². The fraction of sp³-hybridized carbons (Fsp3) is 0.455. The lowest BCUT2D eigenvalue weighted by atomic mass is 9.97. The molecule has 2 heteroatoms. The van der Waals surface area contributed by atoms with Gasteiger partial charge in [-0.2, -0.15) is 0 Å². The number of halogens is 1. The molecule has 1 saturated heterocycles. The molecule has 1 aliphatic heterocycles. The molecular weight excluding hydrogens is 226 g/mol. The van der Waals surface area contributed by atoms with Crippen LogP contribution in [0.25, 0.3) is 0 Å². The molecule has 1 N–H and O–H groups in total. The Hall–Kier alpha value is -0.340. The summed E-state index contributed by atoms with van der Waals surface area (Å²) in [5, 5.41) is 3.42. The van der Waals surface area contributed by atoms with Gasteiger partial charge in [-0.05, 0) is 49.6 Å². The Kier molecular flexibility index (Phi) is 2.70. The Morgan fingerprint density at radius 2 is 2.23 bits per heavy atom. The second-order valence-electron chi connectivity index (χ2n) is 3.78. The van der Waals surface area contributed by atoms with Crippen LogP contribution in [0.4, 0.5) is 0 Å². The van der Waals surface area contributed by atoms with Crippen LogP contribution in [0.1, 0.15) is 17.5 Å². The van der Waals surface area contributed by atoms with E-state index in [4.69, 9.17) is 0 Å². The van der Waals surface area contributed by atoms with Gasteiger partial charge in [0.05, 0.1) is 0 Å². The normalized spacial score (nSPS) is 21.2. The fourth-order valence-electron chi connectivity index (χ4n) is 1.74. The molecule has 1 unspecified atom stereocenters. The van der Waals surface area contributed by atoms with E-state index >= 15 is 0 Å². The van der Waals surface area contributed by atoms with Crippen LogP contribution in [0.15, 0.2) is 22.7 Å². The fourth-order valence-corrected chi connectivity index (χ4v) is 2.39. The summed E-state index contributed by atoms with van der Waals surface area (Å²) in [6.07, 6.45) is 2.49. The lowest BCUT2D eigenvalue weighted by molar-refractivity contribution is 0.369. The van der Waals surface area contributed by atoms with Crippen molar-refractivity contribution in [3.63, 3.8) is 0 Å². The number of hydrogen-bond acceptors (Lipinski definition) is 1. The molecule has 0 bridgehead atoms. The number of benzene rings is 1. The molecule has 1 nitrogen and oxygen atoms in total. The van der Waals surface area contributed by atoms with Crippen molar-refractivity contribution in [3.8, 4) is 0 Å². The first kappa shape index (κ1) is 9.22. The Balaban J connectivity index is 2.10. The van der Waals surface area contributed by atoms with Gasteiger partial charge in [0.1, 0.15) is 0 Å². The molecule has 1 aromatic rings. The third kappa shape index (κ3) is 2.32. The first-order valence-electron chi connectivity index (χ1n) is 4.73. The van der Waals surface area contributed by atoms with Crippen LogP contribution in [-0.4, -0.2) is 12.6 Å². The van der Waals surface area contributed by atoms with Crippen molar-refractivity contribution < 1.29 is 0 Å². The smallest absolute Gasteiger partial charge is 0.0180 e. The summed E-state index contributed by atoms with van der Waals surface area (Å²) >= 11 is 3.52. The van der Waals surface area contributed by atoms with Crippen LogP contribution in [-0.2, 0) is 6.42 Å². The van der Waals surface area contributed by atoms with Gasteiger partial charge in [0.25, 0.3) is 0 Å². The Bertz CT molecular complexity index is 285. The summed E-state index contributed by atoms with van der Waals surface area (Å²) in [5.74, 6) is 0. The van der Waals surface area contributed by atoms with E-state index in [1.165, 1.54) is 35.0 Å². The van der Waals surface area contributed by atoms with Gasteiger partial charge in [0.15, 0.2) is 0 Å². The molecule has 0 aliphatic carbocycles. The molecule has 2 rings (SSSR count). The number of nitrogens with one attached hydrogen (secondary N) is 1. The second kappa shape index (κ2) is 3.81. The van der Waals surface area contributed by atoms with Crippen molar-refractivity contribution >= 4 is 15.9 Å². The highest BCUT2D eigenvalue weighted by molar-refractivity contribution is 9.10. The van der Waals surface area contributed by atoms with Crippen LogP contribution in [0.3, 0.4) is 0 Å². The van der Waals surface area contributed by atoms with Gasteiger partial charge < -0.3 is 5.32 Å². The molecule has 1 fully saturated rings. The van der Waals surface area contributed by atoms with Crippen molar-refractivity contribution in [3.05, 3.63) is 33.8 Å². The van der Waals surface area contributed by atoms with Gasteiger partial charge in [-0.3, -0.25) is 0 Å². The first-order chi connectivity index (χ1) is 6.24. The van der Waals surface area contributed by atoms with Crippen LogP contribution >= 0.6 is 15.9 Å². The van der Waals surface area contributed by atoms with Gasteiger partial charge in [-0.15, -0.1) is 0 Å². The zero-order valence-electron chi connectivity index (χ0n) is 7.81. The van der Waals surface area contributed by atoms with Crippen molar-refractivity contribution in [1.82, 2.24) is 5.32 Å². The minimum Gasteiger partial charge on any atom is -0.314 e. The monoisotopic (exact) mass is 239 g/mol. The third-order valence-electron chi connectivity index (χ3n) is 2.51. The minimum absolute atomic E-state index is 0.716. The zero-order valence-corrected chi connectivity index (χ0v) is 9.39. The van der Waals surface area contributed by atoms with Crippen molar-refractivity contribution in [1.29, 1.82) is 0 Å². The largest absolute Gasteiger partial charge is 0.314 e. The molecule has 1 aromatic carbocycles. The average molecular weight is 240 g/mol. The maximum absolute atomic E-state index is 3.52. The summed E-state index contributed by atoms with van der Waals surface area (Å²) in [6.45, 7) is 3.33. The highest BCUT2D eigenvalue weighted by Gasteiger charge is 2.16. The Morgan fingerprint density at radius 3 is 2.77 bits per heavy atom. The predicted molar refractivity (Wildman–Crippen MR) is 59.0 cm³/mol. The third-order valence-corrected chi connectivity index (χ3v) is 2.97. The summed E-state index contributed by atoms with van der Waals surface area (Å²) in [4.78, 5) is 0. The van der Waals surface area contributed by atoms with Gasteiger partial charge in [-0.25, -0.2) is 0 Å². The quantitative estimate of drug-likeness (QED) is 0.837. The molecule has 70 valence electrons. The minimum atomic E-state index is 0.716. The van der Waals surface area contributed by atoms with Crippen molar-refractivity contribution in [2.75, 3.05) is 6.54 Å². The van der Waals surface area contributed by atoms with E-state index in [2.05, 4.69) is 46.4 Å². The average Bonchev–Trinajstić information content (AvgIpc) is 1.95. The van der Waals surface area contributed by atoms with Gasteiger partial charge in [-0.1, -0.05) is 22.0 Å². The molecule has 0 spiro atoms. The molecule has 0 saturated carbocycles. The SMILES string of the molecule is Cc1cc(Br)cc(CC2CCN2)c1. The van der Waals surface area contributed by atoms with Gasteiger partial charge in [0, 0.05) is 10.5 Å². The van der Waals surface area contributed by atoms with Crippen molar-refractivity contribution in [2.24, 2.45) is 0 Å². The lowest BCUT2D eigenvalue weighted by Gasteiger charge is -2.27. The zero-order chi connectivity index (χ0) is 9.26. The predicted octanol–water partition coefficient (Wildman–Crippen LogP) is 2.66. The maximum Gasteiger partial charge on any atom is 0.0180 e. The molecule has 1 aliphatic rings. The van der Waals surface area contributed by atoms with E-state index in [0.717, 1.165) is 0 Å². The highest BCUT2D eigenvalue weighted by Crippen LogP contribution is 2.18. The molecule has 1 atom stereocenters. The molecule has 13 heavy (non-hydrogen) atoms. The van der Waals surface area contributed by atoms with E-state index in [0.29, 0.717) is 6.04 Å². The molecule has 0 radical (unpaired) electrons. The Morgan fingerprint density at radius 1 is 1.46 bits per heavy atom. The van der Waals surface area contributed by atoms with E-state index in [9.17, 15) is 0 Å². The van der Waals surface area contributed by atoms with E-state index in [1.807, 2.05) is 0 Å². The summed E-state index contributed by atoms with van der Waals surface area (Å²) in [7, 11) is 0. The Labute approximate surface area is 87.7 Å². The van der Waals surface area contributed by atoms with Gasteiger partial charge in [0.2, 0.25) is 0 Å². The van der Waals surface area contributed by atoms with E-state index in [1.54, 1.807) is 0 Å². The summed E-state index contributed by atoms with van der Waals surface area (Å²) < 4.78 is 1.20. The standard InChI is InChI=1S/C11H14BrN/c1-8-4-9(6-10(12)5-8)7-11-2-3-13-11/h4-6,11,13H,2-3,7H2,1H3. The van der Waals surface area contributed by atoms with Crippen LogP contribution in [0.5, 0.6) is 0 Å². The highest BCUT2D eigenvalue weighted by atomic mass is 79.9. The number of aryl methyl sites for hydroxylation is 1. The lowest BCUT2D eigenvalue weighted by Crippen LogP contribution is -2.44. The maximum atomic E-state index is 3.52. The number of rotatable bonds is 2. The molecule has 0 amide bonds. The van der Waals surface area contributed by atoms with Crippen LogP contribution in [0.2, 0.25) is 0 Å². The summed E-state index contributed by atoms with van der Waals surface area (Å²) in [6, 6.07) is 7.35. The molecule has 0 aromatic heterocycles. The molecule has 1 heterocycles. The topological polar surface area (TPSA) is 12.0 Å². The first-order valence-corrected chi connectivity index (χ1v) is 5.53. The second-order valence-corrected chi connectivity index (χ2v) is 4.70. The molecular formula is C11H14BrN. The summed E-state index contributed by atoms with van der Waals surface area (Å²) in [5.41, 5.74) is 2.77. The van der Waals surface area contributed by atoms with Crippen LogP contribution < -0.4 is 5.32 Å².